The molecule has 0 amide bonds. The minimum absolute atomic E-state index is 0.158. The zero-order chi connectivity index (χ0) is 10.6. The number of nitrogens with zero attached hydrogens (tertiary/aromatic N) is 2. The second-order valence-corrected chi connectivity index (χ2v) is 3.95. The van der Waals surface area contributed by atoms with Crippen molar-refractivity contribution in [3.8, 4) is 0 Å². The minimum Gasteiger partial charge on any atom is -0.368 e. The lowest BCUT2D eigenvalue weighted by molar-refractivity contribution is 0.837. The van der Waals surface area contributed by atoms with Crippen molar-refractivity contribution in [2.45, 2.75) is 32.6 Å². The van der Waals surface area contributed by atoms with Gasteiger partial charge in [-0.3, -0.25) is 0 Å². The summed E-state index contributed by atoms with van der Waals surface area (Å²) in [5.74, 6) is 1.64. The molecule has 0 aliphatic heterocycles. The van der Waals surface area contributed by atoms with Gasteiger partial charge in [0.15, 0.2) is 0 Å². The number of hydrogen-bond acceptors (Lipinski definition) is 3. The van der Waals surface area contributed by atoms with Crippen LogP contribution in [0.25, 0.3) is 0 Å². The summed E-state index contributed by atoms with van der Waals surface area (Å²) in [7, 11) is 0. The van der Waals surface area contributed by atoms with Gasteiger partial charge < -0.3 is 5.32 Å². The summed E-state index contributed by atoms with van der Waals surface area (Å²) in [6.07, 6.45) is 0.956. The molecule has 0 fully saturated rings. The van der Waals surface area contributed by atoms with Crippen molar-refractivity contribution in [3.05, 3.63) is 17.6 Å². The Morgan fingerprint density at radius 3 is 2.71 bits per heavy atom. The van der Waals surface area contributed by atoms with E-state index in [-0.39, 0.29) is 5.38 Å². The highest BCUT2D eigenvalue weighted by atomic mass is 35.5. The molecule has 0 aromatic carbocycles. The Balaban J connectivity index is 2.58. The maximum atomic E-state index is 5.99. The van der Waals surface area contributed by atoms with E-state index in [2.05, 4.69) is 22.2 Å². The third-order valence-electron chi connectivity index (χ3n) is 1.91. The predicted molar refractivity (Wildman–Crippen MR) is 59.9 cm³/mol. The molecule has 78 valence electrons. The van der Waals surface area contributed by atoms with Gasteiger partial charge in [-0.25, -0.2) is 9.97 Å². The van der Waals surface area contributed by atoms with E-state index >= 15 is 0 Å². The van der Waals surface area contributed by atoms with Gasteiger partial charge in [-0.2, -0.15) is 0 Å². The van der Waals surface area contributed by atoms with E-state index < -0.39 is 0 Å². The molecule has 0 aliphatic rings. The summed E-state index contributed by atoms with van der Waals surface area (Å²) < 4.78 is 0. The van der Waals surface area contributed by atoms with Crippen LogP contribution in [-0.4, -0.2) is 21.9 Å². The molecule has 14 heavy (non-hydrogen) atoms. The molecule has 0 saturated carbocycles. The molecule has 0 spiro atoms. The molecule has 1 aromatic heterocycles. The summed E-state index contributed by atoms with van der Waals surface area (Å²) >= 11 is 5.99. The molecule has 1 heterocycles. The number of aryl methyl sites for hydroxylation is 2. The number of hydrogen-bond donors (Lipinski definition) is 1. The molecule has 0 aliphatic carbocycles. The average Bonchev–Trinajstić information content (AvgIpc) is 2.12. The Bertz CT molecular complexity index is 281. The summed E-state index contributed by atoms with van der Waals surface area (Å²) in [4.78, 5) is 8.46. The number of anilines is 1. The first-order chi connectivity index (χ1) is 6.61. The maximum Gasteiger partial charge on any atom is 0.129 e. The third kappa shape index (κ3) is 3.50. The fraction of sp³-hybridized carbons (Fsp3) is 0.600. The second-order valence-electron chi connectivity index (χ2n) is 3.33. The zero-order valence-corrected chi connectivity index (χ0v) is 9.60. The lowest BCUT2D eigenvalue weighted by Crippen LogP contribution is -2.14. The lowest BCUT2D eigenvalue weighted by atomic mass is 10.3. The predicted octanol–water partition coefficient (Wildman–Crippen LogP) is 2.52. The van der Waals surface area contributed by atoms with Crippen LogP contribution in [0.3, 0.4) is 0 Å². The van der Waals surface area contributed by atoms with Gasteiger partial charge in [0.25, 0.3) is 0 Å². The first kappa shape index (κ1) is 11.2. The summed E-state index contributed by atoms with van der Waals surface area (Å²) in [5, 5.41) is 3.35. The van der Waals surface area contributed by atoms with E-state index in [1.807, 2.05) is 19.9 Å². The highest BCUT2D eigenvalue weighted by Crippen LogP contribution is 2.07. The van der Waals surface area contributed by atoms with Crippen LogP contribution in [-0.2, 0) is 0 Å². The van der Waals surface area contributed by atoms with Crippen LogP contribution in [0.4, 0.5) is 5.82 Å². The van der Waals surface area contributed by atoms with Gasteiger partial charge in [-0.15, -0.1) is 11.6 Å². The quantitative estimate of drug-likeness (QED) is 0.782. The van der Waals surface area contributed by atoms with Gasteiger partial charge in [0, 0.05) is 18.3 Å². The molecule has 4 heteroatoms. The maximum absolute atomic E-state index is 5.99. The molecule has 0 radical (unpaired) electrons. The van der Waals surface area contributed by atoms with Crippen LogP contribution in [0.15, 0.2) is 6.07 Å². The van der Waals surface area contributed by atoms with Crippen LogP contribution in [0, 0.1) is 13.8 Å². The number of aromatic nitrogens is 2. The van der Waals surface area contributed by atoms with Crippen molar-refractivity contribution in [3.63, 3.8) is 0 Å². The highest BCUT2D eigenvalue weighted by Gasteiger charge is 2.02. The minimum atomic E-state index is 0.158. The monoisotopic (exact) mass is 213 g/mol. The van der Waals surface area contributed by atoms with E-state index in [1.165, 1.54) is 0 Å². The molecular formula is C10H16ClN3. The fourth-order valence-corrected chi connectivity index (χ4v) is 1.24. The Morgan fingerprint density at radius 1 is 1.43 bits per heavy atom. The first-order valence-corrected chi connectivity index (χ1v) is 5.25. The topological polar surface area (TPSA) is 37.8 Å². The molecule has 1 atom stereocenters. The molecule has 1 N–H and O–H groups in total. The third-order valence-corrected chi connectivity index (χ3v) is 2.38. The number of rotatable bonds is 4. The van der Waals surface area contributed by atoms with E-state index in [9.17, 15) is 0 Å². The Kier molecular flexibility index (Phi) is 4.14. The van der Waals surface area contributed by atoms with Gasteiger partial charge in [0.2, 0.25) is 0 Å². The zero-order valence-electron chi connectivity index (χ0n) is 8.84. The van der Waals surface area contributed by atoms with Gasteiger partial charge in [0.1, 0.15) is 11.6 Å². The molecular weight excluding hydrogens is 198 g/mol. The van der Waals surface area contributed by atoms with Crippen LogP contribution < -0.4 is 5.32 Å². The average molecular weight is 214 g/mol. The Morgan fingerprint density at radius 2 is 2.14 bits per heavy atom. The van der Waals surface area contributed by atoms with Crippen LogP contribution in [0.2, 0.25) is 0 Å². The largest absolute Gasteiger partial charge is 0.368 e. The summed E-state index contributed by atoms with van der Waals surface area (Å²) in [5.41, 5.74) is 0.975. The van der Waals surface area contributed by atoms with Crippen molar-refractivity contribution in [2.75, 3.05) is 11.9 Å². The normalized spacial score (nSPS) is 12.6. The van der Waals surface area contributed by atoms with E-state index in [1.54, 1.807) is 0 Å². The summed E-state index contributed by atoms with van der Waals surface area (Å²) in [6.45, 7) is 6.65. The SMILES string of the molecule is CCC(Cl)CNc1cc(C)nc(C)n1. The van der Waals surface area contributed by atoms with E-state index in [4.69, 9.17) is 11.6 Å². The molecule has 0 bridgehead atoms. The van der Waals surface area contributed by atoms with Crippen molar-refractivity contribution in [2.24, 2.45) is 0 Å². The molecule has 3 nitrogen and oxygen atoms in total. The van der Waals surface area contributed by atoms with E-state index in [0.29, 0.717) is 0 Å². The molecule has 1 unspecified atom stereocenters. The Hall–Kier alpha value is -0.830. The first-order valence-electron chi connectivity index (χ1n) is 4.82. The number of halogens is 1. The smallest absolute Gasteiger partial charge is 0.129 e. The molecule has 1 rings (SSSR count). The second kappa shape index (κ2) is 5.15. The van der Waals surface area contributed by atoms with Gasteiger partial charge in [-0.05, 0) is 20.3 Å². The van der Waals surface area contributed by atoms with Gasteiger partial charge >= 0.3 is 0 Å². The van der Waals surface area contributed by atoms with Crippen LogP contribution in [0.1, 0.15) is 24.9 Å². The van der Waals surface area contributed by atoms with Crippen molar-refractivity contribution in [1.29, 1.82) is 0 Å². The van der Waals surface area contributed by atoms with Crippen LogP contribution in [0.5, 0.6) is 0 Å². The van der Waals surface area contributed by atoms with Gasteiger partial charge in [-0.1, -0.05) is 6.92 Å². The van der Waals surface area contributed by atoms with Crippen molar-refractivity contribution < 1.29 is 0 Å². The molecule has 1 aromatic rings. The summed E-state index contributed by atoms with van der Waals surface area (Å²) in [6, 6.07) is 1.92. The molecule has 0 saturated heterocycles. The van der Waals surface area contributed by atoms with Gasteiger partial charge in [0.05, 0.1) is 5.38 Å². The fourth-order valence-electron chi connectivity index (χ4n) is 1.17. The van der Waals surface area contributed by atoms with Crippen molar-refractivity contribution in [1.82, 2.24) is 9.97 Å². The van der Waals surface area contributed by atoms with Crippen LogP contribution >= 0.6 is 11.6 Å². The number of alkyl halides is 1. The lowest BCUT2D eigenvalue weighted by Gasteiger charge is -2.09. The highest BCUT2D eigenvalue weighted by molar-refractivity contribution is 6.20. The standard InChI is InChI=1S/C10H16ClN3/c1-4-9(11)6-12-10-5-7(2)13-8(3)14-10/h5,9H,4,6H2,1-3H3,(H,12,13,14). The van der Waals surface area contributed by atoms with E-state index in [0.717, 1.165) is 30.3 Å². The number of nitrogens with one attached hydrogen (secondary N) is 1. The van der Waals surface area contributed by atoms with Crippen molar-refractivity contribution >= 4 is 17.4 Å². The Labute approximate surface area is 89.9 Å².